The second-order valence-corrected chi connectivity index (χ2v) is 2.92. The van der Waals surface area contributed by atoms with Gasteiger partial charge in [-0.1, -0.05) is 5.16 Å². The number of nitrogens with zero attached hydrogens (tertiary/aromatic N) is 1. The predicted octanol–water partition coefficient (Wildman–Crippen LogP) is 0.892. The van der Waals surface area contributed by atoms with Crippen LogP contribution in [0.2, 0.25) is 0 Å². The van der Waals surface area contributed by atoms with E-state index in [4.69, 9.17) is 5.11 Å². The average Bonchev–Trinajstić information content (AvgIpc) is 2.49. The Morgan fingerprint density at radius 3 is 2.92 bits per heavy atom. The molecule has 13 heavy (non-hydrogen) atoms. The normalized spacial score (nSPS) is 15.5. The van der Waals surface area contributed by atoms with Crippen molar-refractivity contribution in [1.29, 1.82) is 0 Å². The average molecular weight is 181 g/mol. The minimum absolute atomic E-state index is 0.166. The van der Waals surface area contributed by atoms with E-state index in [0.29, 0.717) is 18.5 Å². The first-order valence-electron chi connectivity index (χ1n) is 3.95. The topological polar surface area (TPSA) is 80.4 Å². The maximum Gasteiger partial charge on any atom is 0.375 e. The van der Waals surface area contributed by atoms with Gasteiger partial charge in [0.2, 0.25) is 0 Å². The highest BCUT2D eigenvalue weighted by Crippen LogP contribution is 2.23. The first-order valence-corrected chi connectivity index (χ1v) is 3.95. The fraction of sp³-hybridized carbons (Fsp3) is 0.375. The summed E-state index contributed by atoms with van der Waals surface area (Å²) in [6, 6.07) is 0. The smallest absolute Gasteiger partial charge is 0.375 e. The Balaban J connectivity index is 2.56. The van der Waals surface area contributed by atoms with E-state index >= 15 is 0 Å². The molecule has 1 N–H and O–H groups in total. The SMILES string of the molecule is O=C(O)c1onc2c1C(=O)CCC2. The van der Waals surface area contributed by atoms with E-state index in [1.54, 1.807) is 0 Å². The number of Topliss-reactive ketones (excluding diaryl/α,β-unsaturated/α-hetero) is 1. The number of fused-ring (bicyclic) bond motifs is 1. The lowest BCUT2D eigenvalue weighted by atomic mass is 9.95. The molecule has 2 rings (SSSR count). The molecule has 0 spiro atoms. The number of ketones is 1. The van der Waals surface area contributed by atoms with E-state index < -0.39 is 5.97 Å². The van der Waals surface area contributed by atoms with E-state index in [2.05, 4.69) is 9.68 Å². The second kappa shape index (κ2) is 2.69. The van der Waals surface area contributed by atoms with E-state index in [1.165, 1.54) is 0 Å². The van der Waals surface area contributed by atoms with Crippen molar-refractivity contribution in [3.63, 3.8) is 0 Å². The lowest BCUT2D eigenvalue weighted by Crippen LogP contribution is -2.13. The summed E-state index contributed by atoms with van der Waals surface area (Å²) < 4.78 is 4.58. The van der Waals surface area contributed by atoms with Crippen LogP contribution in [-0.4, -0.2) is 22.0 Å². The Morgan fingerprint density at radius 1 is 1.46 bits per heavy atom. The number of hydrogen-bond donors (Lipinski definition) is 1. The minimum atomic E-state index is -1.23. The molecule has 5 nitrogen and oxygen atoms in total. The summed E-state index contributed by atoms with van der Waals surface area (Å²) in [5.41, 5.74) is 0.646. The fourth-order valence-electron chi connectivity index (χ4n) is 1.47. The summed E-state index contributed by atoms with van der Waals surface area (Å²) in [5.74, 6) is -1.73. The van der Waals surface area contributed by atoms with Gasteiger partial charge in [-0.05, 0) is 12.8 Å². The Kier molecular flexibility index (Phi) is 1.65. The van der Waals surface area contributed by atoms with Gasteiger partial charge in [0.25, 0.3) is 5.76 Å². The van der Waals surface area contributed by atoms with Crippen molar-refractivity contribution in [2.24, 2.45) is 0 Å². The zero-order valence-electron chi connectivity index (χ0n) is 6.74. The maximum absolute atomic E-state index is 11.3. The van der Waals surface area contributed by atoms with Gasteiger partial charge < -0.3 is 9.63 Å². The maximum atomic E-state index is 11.3. The minimum Gasteiger partial charge on any atom is -0.475 e. The molecule has 0 saturated heterocycles. The molecule has 1 aliphatic rings. The number of aromatic carboxylic acids is 1. The predicted molar refractivity (Wildman–Crippen MR) is 40.7 cm³/mol. The van der Waals surface area contributed by atoms with Crippen LogP contribution < -0.4 is 0 Å². The molecule has 0 saturated carbocycles. The number of aryl methyl sites for hydroxylation is 1. The molecule has 1 aromatic rings. The van der Waals surface area contributed by atoms with Crippen LogP contribution in [0.5, 0.6) is 0 Å². The second-order valence-electron chi connectivity index (χ2n) is 2.92. The zero-order chi connectivity index (χ0) is 9.42. The molecule has 1 aliphatic carbocycles. The van der Waals surface area contributed by atoms with Crippen molar-refractivity contribution in [1.82, 2.24) is 5.16 Å². The highest BCUT2D eigenvalue weighted by atomic mass is 16.5. The van der Waals surface area contributed by atoms with Gasteiger partial charge in [-0.3, -0.25) is 4.79 Å². The summed E-state index contributed by atoms with van der Waals surface area (Å²) in [4.78, 5) is 21.9. The Bertz CT molecular complexity index is 379. The van der Waals surface area contributed by atoms with Crippen molar-refractivity contribution in [3.05, 3.63) is 17.0 Å². The van der Waals surface area contributed by atoms with Gasteiger partial charge in [0.1, 0.15) is 0 Å². The monoisotopic (exact) mass is 181 g/mol. The molecule has 0 bridgehead atoms. The molecule has 1 heterocycles. The van der Waals surface area contributed by atoms with Crippen molar-refractivity contribution >= 4 is 11.8 Å². The van der Waals surface area contributed by atoms with Gasteiger partial charge in [-0.25, -0.2) is 4.79 Å². The first kappa shape index (κ1) is 7.97. The third-order valence-electron chi connectivity index (χ3n) is 2.05. The Morgan fingerprint density at radius 2 is 2.23 bits per heavy atom. The van der Waals surface area contributed by atoms with Gasteiger partial charge >= 0.3 is 5.97 Å². The van der Waals surface area contributed by atoms with Crippen LogP contribution in [0.1, 0.15) is 39.4 Å². The number of carbonyl (C=O) groups is 2. The van der Waals surface area contributed by atoms with Crippen molar-refractivity contribution in [3.8, 4) is 0 Å². The molecule has 0 amide bonds. The van der Waals surface area contributed by atoms with Crippen molar-refractivity contribution in [2.75, 3.05) is 0 Å². The van der Waals surface area contributed by atoms with Crippen LogP contribution in [0.3, 0.4) is 0 Å². The highest BCUT2D eigenvalue weighted by molar-refractivity contribution is 6.05. The van der Waals surface area contributed by atoms with E-state index in [9.17, 15) is 9.59 Å². The van der Waals surface area contributed by atoms with Gasteiger partial charge in [0.05, 0.1) is 11.3 Å². The lowest BCUT2D eigenvalue weighted by Gasteiger charge is -2.06. The first-order chi connectivity index (χ1) is 6.20. The molecule has 1 aromatic heterocycles. The molecular formula is C8H7NO4. The molecular weight excluding hydrogens is 174 g/mol. The number of aromatic nitrogens is 1. The third kappa shape index (κ3) is 1.12. The third-order valence-corrected chi connectivity index (χ3v) is 2.05. The lowest BCUT2D eigenvalue weighted by molar-refractivity contribution is 0.0646. The quantitative estimate of drug-likeness (QED) is 0.695. The molecule has 0 aliphatic heterocycles. The molecule has 68 valence electrons. The summed E-state index contributed by atoms with van der Waals surface area (Å²) in [6.07, 6.45) is 1.73. The summed E-state index contributed by atoms with van der Waals surface area (Å²) >= 11 is 0. The van der Waals surface area contributed by atoms with Crippen molar-refractivity contribution in [2.45, 2.75) is 19.3 Å². The van der Waals surface area contributed by atoms with E-state index in [1.807, 2.05) is 0 Å². The van der Waals surface area contributed by atoms with Gasteiger partial charge in [0.15, 0.2) is 5.78 Å². The molecule has 0 radical (unpaired) electrons. The summed E-state index contributed by atoms with van der Waals surface area (Å²) in [7, 11) is 0. The Hall–Kier alpha value is -1.65. The molecule has 0 atom stereocenters. The molecule has 5 heteroatoms. The van der Waals surface area contributed by atoms with Gasteiger partial charge in [0, 0.05) is 6.42 Å². The van der Waals surface area contributed by atoms with Crippen LogP contribution in [0.4, 0.5) is 0 Å². The van der Waals surface area contributed by atoms with Crippen LogP contribution >= 0.6 is 0 Å². The number of carboxylic acid groups (broad SMARTS) is 1. The zero-order valence-corrected chi connectivity index (χ0v) is 6.74. The number of rotatable bonds is 1. The summed E-state index contributed by atoms with van der Waals surface area (Å²) in [5, 5.41) is 12.2. The summed E-state index contributed by atoms with van der Waals surface area (Å²) in [6.45, 7) is 0. The van der Waals surface area contributed by atoms with Gasteiger partial charge in [-0.15, -0.1) is 0 Å². The number of carboxylic acids is 1. The standard InChI is InChI=1S/C8H7NO4/c10-5-3-1-2-4-6(5)7(8(11)12)13-9-4/h1-3H2,(H,11,12). The van der Waals surface area contributed by atoms with Crippen LogP contribution in [0.15, 0.2) is 4.52 Å². The molecule has 0 unspecified atom stereocenters. The van der Waals surface area contributed by atoms with E-state index in [-0.39, 0.29) is 17.1 Å². The van der Waals surface area contributed by atoms with Crippen LogP contribution in [0.25, 0.3) is 0 Å². The largest absolute Gasteiger partial charge is 0.475 e. The van der Waals surface area contributed by atoms with Crippen molar-refractivity contribution < 1.29 is 19.2 Å². The van der Waals surface area contributed by atoms with E-state index in [0.717, 1.165) is 6.42 Å². The number of hydrogen-bond acceptors (Lipinski definition) is 4. The highest BCUT2D eigenvalue weighted by Gasteiger charge is 2.29. The fourth-order valence-corrected chi connectivity index (χ4v) is 1.47. The Labute approximate surface area is 73.3 Å². The number of carbonyl (C=O) groups excluding carboxylic acids is 1. The van der Waals surface area contributed by atoms with Gasteiger partial charge in [-0.2, -0.15) is 0 Å². The van der Waals surface area contributed by atoms with Crippen LogP contribution in [-0.2, 0) is 6.42 Å². The molecule has 0 aromatic carbocycles. The van der Waals surface area contributed by atoms with Crippen LogP contribution in [0, 0.1) is 0 Å². The molecule has 0 fully saturated rings.